The van der Waals surface area contributed by atoms with Crippen molar-refractivity contribution in [2.75, 3.05) is 6.61 Å². The van der Waals surface area contributed by atoms with Crippen molar-refractivity contribution in [1.29, 1.82) is 0 Å². The molecule has 3 atom stereocenters. The Bertz CT molecular complexity index is 1130. The molecule has 2 heterocycles. The highest BCUT2D eigenvalue weighted by atomic mass is 16.5. The van der Waals surface area contributed by atoms with E-state index in [-0.39, 0.29) is 41.4 Å². The third kappa shape index (κ3) is 3.42. The first-order valence-corrected chi connectivity index (χ1v) is 10.5. The number of rotatable bonds is 4. The Morgan fingerprint density at radius 1 is 1.28 bits per heavy atom. The van der Waals surface area contributed by atoms with Crippen molar-refractivity contribution in [3.05, 3.63) is 58.2 Å². The number of carbonyl (C=O) groups is 1. The number of ketones is 1. The molecule has 0 bridgehead atoms. The normalized spacial score (nSPS) is 20.4. The van der Waals surface area contributed by atoms with Crippen LogP contribution >= 0.6 is 0 Å². The van der Waals surface area contributed by atoms with Crippen LogP contribution in [0.25, 0.3) is 0 Å². The predicted octanol–water partition coefficient (Wildman–Crippen LogP) is 3.33. The van der Waals surface area contributed by atoms with Crippen molar-refractivity contribution in [1.82, 2.24) is 0 Å². The van der Waals surface area contributed by atoms with Gasteiger partial charge in [0.25, 0.3) is 0 Å². The zero-order valence-electron chi connectivity index (χ0n) is 18.6. The first-order chi connectivity index (χ1) is 14.9. The van der Waals surface area contributed by atoms with Crippen molar-refractivity contribution in [2.45, 2.75) is 51.9 Å². The molecule has 2 aliphatic heterocycles. The zero-order valence-corrected chi connectivity index (χ0v) is 18.6. The number of phenolic OH excluding ortho intramolecular Hbond substituents is 2. The summed E-state index contributed by atoms with van der Waals surface area (Å²) in [5, 5.41) is 42.7. The molecule has 170 valence electrons. The Balaban J connectivity index is 1.96. The molecule has 0 saturated carbocycles. The zero-order chi connectivity index (χ0) is 23.5. The van der Waals surface area contributed by atoms with Crippen molar-refractivity contribution in [3.63, 3.8) is 0 Å². The molecule has 0 amide bonds. The van der Waals surface area contributed by atoms with Gasteiger partial charge in [-0.25, -0.2) is 0 Å². The molecular formula is C25H28O7. The number of hydrogen-bond donors (Lipinski definition) is 4. The summed E-state index contributed by atoms with van der Waals surface area (Å²) in [7, 11) is 0. The van der Waals surface area contributed by atoms with E-state index < -0.39 is 29.5 Å². The van der Waals surface area contributed by atoms with Crippen molar-refractivity contribution >= 4 is 5.78 Å². The van der Waals surface area contributed by atoms with Crippen LogP contribution in [0, 0.1) is 12.8 Å². The van der Waals surface area contributed by atoms with Gasteiger partial charge in [-0.15, -0.1) is 0 Å². The molecule has 0 radical (unpaired) electrons. The first kappa shape index (κ1) is 22.2. The van der Waals surface area contributed by atoms with Crippen LogP contribution in [0.4, 0.5) is 0 Å². The van der Waals surface area contributed by atoms with Crippen molar-refractivity contribution in [3.8, 4) is 23.0 Å². The molecule has 2 aromatic rings. The lowest BCUT2D eigenvalue weighted by Crippen LogP contribution is -2.44. The number of fused-ring (bicyclic) bond motifs is 1. The first-order valence-electron chi connectivity index (χ1n) is 10.5. The second-order valence-corrected chi connectivity index (χ2v) is 9.28. The van der Waals surface area contributed by atoms with Gasteiger partial charge in [0.1, 0.15) is 34.7 Å². The van der Waals surface area contributed by atoms with Gasteiger partial charge in [-0.05, 0) is 51.0 Å². The molecule has 0 unspecified atom stereocenters. The fourth-order valence-corrected chi connectivity index (χ4v) is 4.43. The summed E-state index contributed by atoms with van der Waals surface area (Å²) >= 11 is 0. The highest BCUT2D eigenvalue weighted by Crippen LogP contribution is 2.52. The Kier molecular flexibility index (Phi) is 5.22. The van der Waals surface area contributed by atoms with E-state index in [0.717, 1.165) is 0 Å². The van der Waals surface area contributed by atoms with Crippen LogP contribution < -0.4 is 9.47 Å². The number of ether oxygens (including phenoxy) is 2. The summed E-state index contributed by atoms with van der Waals surface area (Å²) in [6, 6.07) is 4.61. The minimum Gasteiger partial charge on any atom is -0.507 e. The van der Waals surface area contributed by atoms with Gasteiger partial charge >= 0.3 is 0 Å². The summed E-state index contributed by atoms with van der Waals surface area (Å²) in [4.78, 5) is 13.6. The molecule has 2 aromatic carbocycles. The lowest BCUT2D eigenvalue weighted by atomic mass is 9.79. The van der Waals surface area contributed by atoms with E-state index in [9.17, 15) is 25.2 Å². The lowest BCUT2D eigenvalue weighted by molar-refractivity contribution is -0.0677. The fraction of sp³-hybridized carbons (Fsp3) is 0.400. The van der Waals surface area contributed by atoms with Crippen molar-refractivity contribution < 1.29 is 34.7 Å². The summed E-state index contributed by atoms with van der Waals surface area (Å²) in [5.41, 5.74) is 0.564. The van der Waals surface area contributed by atoms with Crippen LogP contribution in [0.15, 0.2) is 30.4 Å². The Hall–Kier alpha value is -3.03. The van der Waals surface area contributed by atoms with E-state index in [1.807, 2.05) is 0 Å². The number of benzene rings is 2. The number of aliphatic hydroxyl groups excluding tert-OH is 1. The Morgan fingerprint density at radius 2 is 1.97 bits per heavy atom. The average Bonchev–Trinajstić information content (AvgIpc) is 2.82. The Labute approximate surface area is 186 Å². The topological polar surface area (TPSA) is 116 Å². The minimum atomic E-state index is -1.21. The van der Waals surface area contributed by atoms with Gasteiger partial charge in [-0.2, -0.15) is 0 Å². The molecule has 0 fully saturated rings. The van der Waals surface area contributed by atoms with Crippen LogP contribution in [0.3, 0.4) is 0 Å². The maximum absolute atomic E-state index is 13.6. The molecule has 7 nitrogen and oxygen atoms in total. The third-order valence-electron chi connectivity index (χ3n) is 6.36. The second kappa shape index (κ2) is 7.53. The van der Waals surface area contributed by atoms with Gasteiger partial charge in [-0.3, -0.25) is 4.79 Å². The van der Waals surface area contributed by atoms with Gasteiger partial charge in [-0.1, -0.05) is 18.2 Å². The van der Waals surface area contributed by atoms with E-state index in [2.05, 4.69) is 6.58 Å². The number of phenols is 2. The lowest BCUT2D eigenvalue weighted by Gasteiger charge is -2.40. The molecule has 2 aliphatic rings. The van der Waals surface area contributed by atoms with Gasteiger partial charge in [0.2, 0.25) is 5.78 Å². The number of carbonyl (C=O) groups excluding carboxylic acids is 1. The van der Waals surface area contributed by atoms with Crippen molar-refractivity contribution in [2.24, 2.45) is 5.92 Å². The summed E-state index contributed by atoms with van der Waals surface area (Å²) in [6.45, 7) is 10.6. The summed E-state index contributed by atoms with van der Waals surface area (Å²) in [5.74, 6) is -1.15. The highest BCUT2D eigenvalue weighted by molar-refractivity contribution is 6.16. The predicted molar refractivity (Wildman–Crippen MR) is 118 cm³/mol. The van der Waals surface area contributed by atoms with Gasteiger partial charge in [0, 0.05) is 6.42 Å². The van der Waals surface area contributed by atoms with Crippen LogP contribution in [0.5, 0.6) is 23.0 Å². The monoisotopic (exact) mass is 440 g/mol. The fourth-order valence-electron chi connectivity index (χ4n) is 4.43. The maximum Gasteiger partial charge on any atom is 0.204 e. The molecule has 0 aliphatic carbocycles. The van der Waals surface area contributed by atoms with Crippen LogP contribution in [-0.4, -0.2) is 44.5 Å². The molecule has 7 heteroatoms. The molecule has 4 N–H and O–H groups in total. The Morgan fingerprint density at radius 3 is 2.59 bits per heavy atom. The van der Waals surface area contributed by atoms with Crippen LogP contribution in [0.2, 0.25) is 0 Å². The van der Waals surface area contributed by atoms with Gasteiger partial charge in [0.15, 0.2) is 0 Å². The SMILES string of the molecule is C=C(C)[C@H](O)Cc1ccc2c(c1O)C(=O)c1c(O)cc(C)c3c1[C@@H](O2)[C@@H](C(C)(C)O)CO3. The van der Waals surface area contributed by atoms with Crippen LogP contribution in [-0.2, 0) is 6.42 Å². The smallest absolute Gasteiger partial charge is 0.204 e. The summed E-state index contributed by atoms with van der Waals surface area (Å²) in [6.07, 6.45) is -1.60. The standard InChI is InChI=1S/C25H28O7/c1-11(2)15(26)9-13-6-7-17-19(21(13)28)22(29)18-16(27)8-12(3)23-20(18)24(32-17)14(10-31-23)25(4,5)30/h6-8,14-15,24,26-28,30H,1,9-10H2,2-5H3/t14-,15+,24-/m0/s1. The number of aryl methyl sites for hydroxylation is 1. The highest BCUT2D eigenvalue weighted by Gasteiger charge is 2.47. The molecule has 32 heavy (non-hydrogen) atoms. The van der Waals surface area contributed by atoms with E-state index >= 15 is 0 Å². The average molecular weight is 440 g/mol. The molecular weight excluding hydrogens is 412 g/mol. The summed E-state index contributed by atoms with van der Waals surface area (Å²) < 4.78 is 12.2. The van der Waals surface area contributed by atoms with E-state index in [1.54, 1.807) is 39.8 Å². The maximum atomic E-state index is 13.6. The third-order valence-corrected chi connectivity index (χ3v) is 6.36. The minimum absolute atomic E-state index is 0.0174. The molecule has 0 spiro atoms. The quantitative estimate of drug-likeness (QED) is 0.539. The van der Waals surface area contributed by atoms with Gasteiger partial charge in [0.05, 0.1) is 35.4 Å². The van der Waals surface area contributed by atoms with E-state index in [0.29, 0.717) is 28.0 Å². The van der Waals surface area contributed by atoms with E-state index in [1.165, 1.54) is 6.07 Å². The second-order valence-electron chi connectivity index (χ2n) is 9.28. The molecule has 0 saturated heterocycles. The van der Waals surface area contributed by atoms with E-state index in [4.69, 9.17) is 9.47 Å². The van der Waals surface area contributed by atoms with Gasteiger partial charge < -0.3 is 29.9 Å². The number of aromatic hydroxyl groups is 2. The molecule has 4 rings (SSSR count). The number of hydrogen-bond acceptors (Lipinski definition) is 7. The van der Waals surface area contributed by atoms with Crippen LogP contribution in [0.1, 0.15) is 59.5 Å². The number of aliphatic hydroxyl groups is 2. The molecule has 0 aromatic heterocycles. The largest absolute Gasteiger partial charge is 0.507 e.